The molecular weight excluding hydrogens is 355 g/mol. The minimum absolute atomic E-state index is 0.287. The fourth-order valence-electron chi connectivity index (χ4n) is 2.78. The predicted molar refractivity (Wildman–Crippen MR) is 88.7 cm³/mol. The molecule has 0 saturated heterocycles. The molecular formula is C15H18BrFN2OS. The van der Waals surface area contributed by atoms with E-state index < -0.39 is 5.82 Å². The molecule has 6 heteroatoms. The van der Waals surface area contributed by atoms with Crippen LogP contribution in [0.2, 0.25) is 0 Å². The molecule has 1 aromatic carbocycles. The number of carbonyl (C=O) groups excluding carboxylic acids is 1. The van der Waals surface area contributed by atoms with Crippen LogP contribution in [0.15, 0.2) is 22.7 Å². The molecule has 21 heavy (non-hydrogen) atoms. The topological polar surface area (TPSA) is 55.1 Å². The van der Waals surface area contributed by atoms with E-state index in [1.165, 1.54) is 24.6 Å². The number of nitrogens with one attached hydrogen (secondary N) is 1. The molecule has 1 saturated carbocycles. The highest BCUT2D eigenvalue weighted by atomic mass is 79.9. The van der Waals surface area contributed by atoms with Gasteiger partial charge in [0.15, 0.2) is 0 Å². The van der Waals surface area contributed by atoms with Crippen molar-refractivity contribution in [2.45, 2.75) is 38.1 Å². The molecule has 1 aliphatic rings. The van der Waals surface area contributed by atoms with E-state index in [0.717, 1.165) is 25.7 Å². The highest BCUT2D eigenvalue weighted by Gasteiger charge is 2.28. The Kier molecular flexibility index (Phi) is 5.70. The summed E-state index contributed by atoms with van der Waals surface area (Å²) in [7, 11) is 0. The molecule has 1 amide bonds. The Balaban J connectivity index is 2.12. The number of carbonyl (C=O) groups is 1. The molecule has 114 valence electrons. The summed E-state index contributed by atoms with van der Waals surface area (Å²) in [5.74, 6) is -0.388. The van der Waals surface area contributed by atoms with Crippen LogP contribution >= 0.6 is 28.1 Å². The Morgan fingerprint density at radius 1 is 1.38 bits per heavy atom. The maximum atomic E-state index is 13.1. The lowest BCUT2D eigenvalue weighted by Crippen LogP contribution is -2.48. The fourth-order valence-corrected chi connectivity index (χ4v) is 3.56. The molecule has 0 bridgehead atoms. The number of amides is 1. The molecule has 0 heterocycles. The molecule has 0 aromatic heterocycles. The van der Waals surface area contributed by atoms with E-state index in [4.69, 9.17) is 18.0 Å². The second kappa shape index (κ2) is 7.31. The Hall–Kier alpha value is -1.01. The quantitative estimate of drug-likeness (QED) is 0.794. The van der Waals surface area contributed by atoms with Gasteiger partial charge in [0.05, 0.1) is 16.6 Å². The molecule has 3 N–H and O–H groups in total. The van der Waals surface area contributed by atoms with Crippen LogP contribution in [0.25, 0.3) is 0 Å². The van der Waals surface area contributed by atoms with Crippen LogP contribution in [0.4, 0.5) is 4.39 Å². The molecule has 1 unspecified atom stereocenters. The first-order valence-electron chi connectivity index (χ1n) is 7.04. The first-order valence-corrected chi connectivity index (χ1v) is 8.24. The van der Waals surface area contributed by atoms with E-state index >= 15 is 0 Å². The average molecular weight is 373 g/mol. The van der Waals surface area contributed by atoms with Gasteiger partial charge < -0.3 is 11.1 Å². The van der Waals surface area contributed by atoms with Crippen LogP contribution in [-0.2, 0) is 0 Å². The highest BCUT2D eigenvalue weighted by molar-refractivity contribution is 9.10. The number of halogens is 2. The van der Waals surface area contributed by atoms with Gasteiger partial charge in [-0.2, -0.15) is 0 Å². The van der Waals surface area contributed by atoms with Crippen LogP contribution < -0.4 is 11.1 Å². The Morgan fingerprint density at radius 2 is 2.05 bits per heavy atom. The van der Waals surface area contributed by atoms with E-state index in [9.17, 15) is 9.18 Å². The van der Waals surface area contributed by atoms with Gasteiger partial charge in [-0.25, -0.2) is 4.39 Å². The second-order valence-electron chi connectivity index (χ2n) is 5.38. The lowest BCUT2D eigenvalue weighted by molar-refractivity contribution is 0.0931. The molecule has 0 spiro atoms. The van der Waals surface area contributed by atoms with Gasteiger partial charge in [0.2, 0.25) is 0 Å². The maximum absolute atomic E-state index is 13.1. The summed E-state index contributed by atoms with van der Waals surface area (Å²) in [5.41, 5.74) is 6.18. The molecule has 1 aromatic rings. The third-order valence-electron chi connectivity index (χ3n) is 3.89. The number of rotatable bonds is 4. The monoisotopic (exact) mass is 372 g/mol. The van der Waals surface area contributed by atoms with Crippen molar-refractivity contribution < 1.29 is 9.18 Å². The summed E-state index contributed by atoms with van der Waals surface area (Å²) in [6.45, 7) is 0. The van der Waals surface area contributed by atoms with Gasteiger partial charge in [-0.3, -0.25) is 4.79 Å². The van der Waals surface area contributed by atoms with Gasteiger partial charge in [-0.15, -0.1) is 0 Å². The Morgan fingerprint density at radius 3 is 2.62 bits per heavy atom. The van der Waals surface area contributed by atoms with Crippen molar-refractivity contribution in [1.29, 1.82) is 0 Å². The molecule has 1 aliphatic carbocycles. The zero-order valence-corrected chi connectivity index (χ0v) is 14.0. The summed E-state index contributed by atoms with van der Waals surface area (Å²) in [6.07, 6.45) is 5.54. The largest absolute Gasteiger partial charge is 0.392 e. The van der Waals surface area contributed by atoms with Crippen molar-refractivity contribution in [3.8, 4) is 0 Å². The van der Waals surface area contributed by atoms with Gasteiger partial charge >= 0.3 is 0 Å². The number of benzene rings is 1. The van der Waals surface area contributed by atoms with E-state index in [0.29, 0.717) is 20.9 Å². The minimum Gasteiger partial charge on any atom is -0.392 e. The van der Waals surface area contributed by atoms with Crippen molar-refractivity contribution in [3.05, 3.63) is 34.1 Å². The van der Waals surface area contributed by atoms with E-state index in [-0.39, 0.29) is 11.9 Å². The minimum atomic E-state index is -0.392. The summed E-state index contributed by atoms with van der Waals surface area (Å²) in [4.78, 5) is 12.7. The summed E-state index contributed by atoms with van der Waals surface area (Å²) >= 11 is 8.32. The average Bonchev–Trinajstić information content (AvgIpc) is 2.45. The Labute approximate surface area is 137 Å². The van der Waals surface area contributed by atoms with E-state index in [1.807, 2.05) is 0 Å². The van der Waals surface area contributed by atoms with Gasteiger partial charge in [-0.05, 0) is 52.9 Å². The zero-order chi connectivity index (χ0) is 15.4. The molecule has 0 aliphatic heterocycles. The predicted octanol–water partition coefficient (Wildman–Crippen LogP) is 3.55. The zero-order valence-electron chi connectivity index (χ0n) is 11.6. The van der Waals surface area contributed by atoms with E-state index in [2.05, 4.69) is 21.2 Å². The van der Waals surface area contributed by atoms with Crippen molar-refractivity contribution in [2.75, 3.05) is 0 Å². The first kappa shape index (κ1) is 16.4. The van der Waals surface area contributed by atoms with Crippen molar-refractivity contribution >= 4 is 39.0 Å². The smallest absolute Gasteiger partial charge is 0.253 e. The second-order valence-corrected chi connectivity index (χ2v) is 6.70. The molecule has 1 fully saturated rings. The summed E-state index contributed by atoms with van der Waals surface area (Å²) < 4.78 is 13.5. The van der Waals surface area contributed by atoms with Crippen LogP contribution in [-0.4, -0.2) is 16.9 Å². The molecule has 3 nitrogen and oxygen atoms in total. The van der Waals surface area contributed by atoms with Crippen LogP contribution in [0, 0.1) is 11.7 Å². The van der Waals surface area contributed by atoms with Crippen molar-refractivity contribution in [2.24, 2.45) is 11.7 Å². The van der Waals surface area contributed by atoms with E-state index in [1.54, 1.807) is 0 Å². The van der Waals surface area contributed by atoms with Crippen molar-refractivity contribution in [3.63, 3.8) is 0 Å². The van der Waals surface area contributed by atoms with Gasteiger partial charge in [-0.1, -0.05) is 31.5 Å². The summed E-state index contributed by atoms with van der Waals surface area (Å²) in [5, 5.41) is 2.91. The van der Waals surface area contributed by atoms with Gasteiger partial charge in [0, 0.05) is 4.47 Å². The van der Waals surface area contributed by atoms with Gasteiger partial charge in [0.1, 0.15) is 5.82 Å². The third kappa shape index (κ3) is 4.23. The number of hydrogen-bond acceptors (Lipinski definition) is 2. The maximum Gasteiger partial charge on any atom is 0.253 e. The standard InChI is InChI=1S/C15H18BrFN2OS/c16-12-8-10(17)6-7-11(12)15(20)19-13(14(18)21)9-4-2-1-3-5-9/h6-9,13H,1-5H2,(H2,18,21)(H,19,20). The van der Waals surface area contributed by atoms with Crippen LogP contribution in [0.3, 0.4) is 0 Å². The number of nitrogens with two attached hydrogens (primary N) is 1. The van der Waals surface area contributed by atoms with Gasteiger partial charge in [0.25, 0.3) is 5.91 Å². The molecule has 2 rings (SSSR count). The lowest BCUT2D eigenvalue weighted by atomic mass is 9.83. The SMILES string of the molecule is NC(=S)C(NC(=O)c1ccc(F)cc1Br)C1CCCCC1. The first-order chi connectivity index (χ1) is 9.99. The van der Waals surface area contributed by atoms with Crippen LogP contribution in [0.1, 0.15) is 42.5 Å². The highest BCUT2D eigenvalue weighted by Crippen LogP contribution is 2.27. The number of thiocarbonyl (C=S) groups is 1. The number of hydrogen-bond donors (Lipinski definition) is 2. The Bertz CT molecular complexity index is 546. The van der Waals surface area contributed by atoms with Crippen molar-refractivity contribution in [1.82, 2.24) is 5.32 Å². The molecule has 0 radical (unpaired) electrons. The third-order valence-corrected chi connectivity index (χ3v) is 4.80. The lowest BCUT2D eigenvalue weighted by Gasteiger charge is -2.30. The molecule has 1 atom stereocenters. The summed E-state index contributed by atoms with van der Waals surface area (Å²) in [6, 6.07) is 3.68. The fraction of sp³-hybridized carbons (Fsp3) is 0.467. The van der Waals surface area contributed by atoms with Crippen LogP contribution in [0.5, 0.6) is 0 Å². The normalized spacial score (nSPS) is 17.2.